The molecule has 1 aromatic rings. The quantitative estimate of drug-likeness (QED) is 0.836. The number of hydrogen-bond acceptors (Lipinski definition) is 3. The fourth-order valence-electron chi connectivity index (χ4n) is 2.26. The lowest BCUT2D eigenvalue weighted by Crippen LogP contribution is -2.25. The van der Waals surface area contributed by atoms with Crippen molar-refractivity contribution in [1.82, 2.24) is 0 Å². The van der Waals surface area contributed by atoms with Crippen molar-refractivity contribution in [2.45, 2.75) is 30.9 Å². The Bertz CT molecular complexity index is 641. The smallest absolute Gasteiger partial charge is 0.235 e. The third kappa shape index (κ3) is 3.50. The minimum Gasteiger partial charge on any atom is -0.320 e. The Balaban J connectivity index is 2.17. The Kier molecular flexibility index (Phi) is 4.63. The molecule has 20 heavy (non-hydrogen) atoms. The third-order valence-electron chi connectivity index (χ3n) is 3.30. The van der Waals surface area contributed by atoms with Crippen molar-refractivity contribution in [3.8, 4) is 11.8 Å². The van der Waals surface area contributed by atoms with Crippen LogP contribution in [0, 0.1) is 17.7 Å². The summed E-state index contributed by atoms with van der Waals surface area (Å²) in [5, 5.41) is -0.418. The van der Waals surface area contributed by atoms with E-state index in [9.17, 15) is 12.8 Å². The molecule has 0 spiro atoms. The highest BCUT2D eigenvalue weighted by molar-refractivity contribution is 7.93. The molecule has 0 unspecified atom stereocenters. The lowest BCUT2D eigenvalue weighted by molar-refractivity contribution is 0.583. The Morgan fingerprint density at radius 3 is 2.65 bits per heavy atom. The van der Waals surface area contributed by atoms with Crippen molar-refractivity contribution < 1.29 is 12.8 Å². The van der Waals surface area contributed by atoms with E-state index in [4.69, 9.17) is 5.73 Å². The van der Waals surface area contributed by atoms with Crippen LogP contribution in [0.1, 0.15) is 31.2 Å². The topological polar surface area (TPSA) is 72.2 Å². The van der Waals surface area contributed by atoms with E-state index in [2.05, 4.69) is 16.6 Å². The first-order valence-electron chi connectivity index (χ1n) is 6.53. The normalized spacial score (nSPS) is 15.7. The molecule has 1 aliphatic rings. The molecule has 4 nitrogen and oxygen atoms in total. The van der Waals surface area contributed by atoms with Gasteiger partial charge in [0, 0.05) is 5.56 Å². The lowest BCUT2D eigenvalue weighted by Gasteiger charge is -2.13. The van der Waals surface area contributed by atoms with Crippen LogP contribution in [-0.4, -0.2) is 20.2 Å². The van der Waals surface area contributed by atoms with Gasteiger partial charge >= 0.3 is 0 Å². The number of anilines is 1. The fraction of sp³-hybridized carbons (Fsp3) is 0.429. The third-order valence-corrected chi connectivity index (χ3v) is 5.15. The molecule has 1 fully saturated rings. The summed E-state index contributed by atoms with van der Waals surface area (Å²) in [4.78, 5) is 0. The second-order valence-corrected chi connectivity index (χ2v) is 6.71. The van der Waals surface area contributed by atoms with E-state index in [1.165, 1.54) is 12.1 Å². The maximum absolute atomic E-state index is 13.9. The highest BCUT2D eigenvalue weighted by atomic mass is 32.2. The summed E-state index contributed by atoms with van der Waals surface area (Å²) in [5.74, 6) is 4.69. The van der Waals surface area contributed by atoms with Gasteiger partial charge in [0.25, 0.3) is 0 Å². The molecule has 0 bridgehead atoms. The van der Waals surface area contributed by atoms with E-state index in [0.29, 0.717) is 18.4 Å². The number of benzene rings is 1. The van der Waals surface area contributed by atoms with Gasteiger partial charge in [0.1, 0.15) is 5.82 Å². The van der Waals surface area contributed by atoms with Crippen molar-refractivity contribution in [3.05, 3.63) is 29.6 Å². The summed E-state index contributed by atoms with van der Waals surface area (Å²) < 4.78 is 40.4. The largest absolute Gasteiger partial charge is 0.320 e. The molecule has 0 atom stereocenters. The monoisotopic (exact) mass is 296 g/mol. The zero-order valence-corrected chi connectivity index (χ0v) is 11.8. The summed E-state index contributed by atoms with van der Waals surface area (Å²) in [6.07, 6.45) is 3.08. The Hall–Kier alpha value is -1.58. The van der Waals surface area contributed by atoms with Crippen LogP contribution in [0.5, 0.6) is 0 Å². The zero-order valence-electron chi connectivity index (χ0n) is 11.0. The van der Waals surface area contributed by atoms with E-state index < -0.39 is 21.1 Å². The number of rotatable bonds is 3. The van der Waals surface area contributed by atoms with Crippen LogP contribution in [-0.2, 0) is 10.0 Å². The van der Waals surface area contributed by atoms with E-state index in [1.807, 2.05) is 0 Å². The minimum atomic E-state index is -3.51. The summed E-state index contributed by atoms with van der Waals surface area (Å²) in [5.41, 5.74) is 5.68. The maximum Gasteiger partial charge on any atom is 0.235 e. The Labute approximate surface area is 118 Å². The lowest BCUT2D eigenvalue weighted by atomic mass is 10.2. The number of halogens is 1. The van der Waals surface area contributed by atoms with Crippen LogP contribution in [0.25, 0.3) is 0 Å². The first kappa shape index (κ1) is 14.8. The minimum absolute atomic E-state index is 0.0322. The molecule has 1 aromatic carbocycles. The highest BCUT2D eigenvalue weighted by Gasteiger charge is 2.29. The summed E-state index contributed by atoms with van der Waals surface area (Å²) in [6, 6.07) is 4.16. The SMILES string of the molecule is NCC#Cc1ccc(NS(=O)(=O)C2CCCC2)c(F)c1. The van der Waals surface area contributed by atoms with Gasteiger partial charge in [-0.25, -0.2) is 12.8 Å². The molecule has 3 N–H and O–H groups in total. The summed E-state index contributed by atoms with van der Waals surface area (Å²) >= 11 is 0. The van der Waals surface area contributed by atoms with E-state index >= 15 is 0 Å². The molecule has 0 aromatic heterocycles. The van der Waals surface area contributed by atoms with Gasteiger partial charge in [-0.05, 0) is 31.0 Å². The zero-order chi connectivity index (χ0) is 14.6. The van der Waals surface area contributed by atoms with Crippen LogP contribution >= 0.6 is 0 Å². The van der Waals surface area contributed by atoms with E-state index in [1.54, 1.807) is 6.07 Å². The average molecular weight is 296 g/mol. The van der Waals surface area contributed by atoms with Crippen LogP contribution in [0.15, 0.2) is 18.2 Å². The predicted molar refractivity (Wildman–Crippen MR) is 77.1 cm³/mol. The summed E-state index contributed by atoms with van der Waals surface area (Å²) in [7, 11) is -3.51. The van der Waals surface area contributed by atoms with Gasteiger partial charge < -0.3 is 5.73 Å². The van der Waals surface area contributed by atoms with Crippen LogP contribution < -0.4 is 10.5 Å². The van der Waals surface area contributed by atoms with Gasteiger partial charge in [-0.3, -0.25) is 4.72 Å². The molecule has 0 amide bonds. The van der Waals surface area contributed by atoms with Gasteiger partial charge in [0.05, 0.1) is 17.5 Å². The van der Waals surface area contributed by atoms with Crippen molar-refractivity contribution in [3.63, 3.8) is 0 Å². The van der Waals surface area contributed by atoms with E-state index in [0.717, 1.165) is 12.8 Å². The predicted octanol–water partition coefficient (Wildman–Crippen LogP) is 1.82. The second kappa shape index (κ2) is 6.25. The van der Waals surface area contributed by atoms with Gasteiger partial charge in [-0.2, -0.15) is 0 Å². The fourth-order valence-corrected chi connectivity index (χ4v) is 3.86. The number of nitrogens with two attached hydrogens (primary N) is 1. The van der Waals surface area contributed by atoms with E-state index in [-0.39, 0.29) is 12.2 Å². The van der Waals surface area contributed by atoms with Gasteiger partial charge in [-0.15, -0.1) is 0 Å². The molecule has 2 rings (SSSR count). The van der Waals surface area contributed by atoms with Crippen LogP contribution in [0.3, 0.4) is 0 Å². The number of sulfonamides is 1. The van der Waals surface area contributed by atoms with Crippen molar-refractivity contribution in [1.29, 1.82) is 0 Å². The van der Waals surface area contributed by atoms with Gasteiger partial charge in [0.2, 0.25) is 10.0 Å². The molecule has 6 heteroatoms. The highest BCUT2D eigenvalue weighted by Crippen LogP contribution is 2.27. The van der Waals surface area contributed by atoms with Crippen molar-refractivity contribution in [2.24, 2.45) is 5.73 Å². The van der Waals surface area contributed by atoms with Crippen LogP contribution in [0.4, 0.5) is 10.1 Å². The van der Waals surface area contributed by atoms with Gasteiger partial charge in [-0.1, -0.05) is 24.7 Å². The Morgan fingerprint density at radius 1 is 1.35 bits per heavy atom. The first-order chi connectivity index (χ1) is 9.53. The molecule has 0 saturated heterocycles. The molecule has 108 valence electrons. The Morgan fingerprint density at radius 2 is 2.05 bits per heavy atom. The summed E-state index contributed by atoms with van der Waals surface area (Å²) in [6.45, 7) is 0.192. The molecule has 0 aliphatic heterocycles. The molecule has 1 saturated carbocycles. The van der Waals surface area contributed by atoms with Crippen molar-refractivity contribution >= 4 is 15.7 Å². The standard InChI is InChI=1S/C14H17FN2O2S/c15-13-10-11(4-3-9-16)7-8-14(13)17-20(18,19)12-5-1-2-6-12/h7-8,10,12,17H,1-2,5-6,9,16H2. The van der Waals surface area contributed by atoms with Gasteiger partial charge in [0.15, 0.2) is 0 Å². The molecule has 1 aliphatic carbocycles. The second-order valence-electron chi connectivity index (χ2n) is 4.75. The molecular formula is C14H17FN2O2S. The first-order valence-corrected chi connectivity index (χ1v) is 8.07. The number of nitrogens with one attached hydrogen (secondary N) is 1. The van der Waals surface area contributed by atoms with Crippen LogP contribution in [0.2, 0.25) is 0 Å². The molecule has 0 heterocycles. The average Bonchev–Trinajstić information content (AvgIpc) is 2.94. The molecular weight excluding hydrogens is 279 g/mol. The number of hydrogen-bond donors (Lipinski definition) is 2. The maximum atomic E-state index is 13.9. The van der Waals surface area contributed by atoms with Crippen molar-refractivity contribution in [2.75, 3.05) is 11.3 Å². The molecule has 0 radical (unpaired) electrons.